The summed E-state index contributed by atoms with van der Waals surface area (Å²) in [6, 6.07) is 113. The molecule has 486 valence electrons. The van der Waals surface area contributed by atoms with E-state index in [4.69, 9.17) is 48.7 Å². The number of aromatic nitrogens is 8. The Hall–Kier alpha value is -13.5. The van der Waals surface area contributed by atoms with Crippen molar-refractivity contribution in [2.45, 2.75) is 0 Å². The second kappa shape index (κ2) is 25.3. The van der Waals surface area contributed by atoms with Crippen LogP contribution in [0.4, 0.5) is 0 Å². The fraction of sp³-hybridized carbons (Fsp3) is 0. The van der Waals surface area contributed by atoms with E-state index >= 15 is 0 Å². The zero-order valence-electron chi connectivity index (χ0n) is 55.4. The lowest BCUT2D eigenvalue weighted by Gasteiger charge is -2.10. The third kappa shape index (κ3) is 11.0. The molecule has 0 aliphatic carbocycles. The maximum atomic E-state index is 7.21. The van der Waals surface area contributed by atoms with Crippen LogP contribution >= 0.6 is 22.7 Å². The Labute approximate surface area is 604 Å². The predicted molar refractivity (Wildman–Crippen MR) is 425 cm³/mol. The molecule has 0 atom stereocenters. The van der Waals surface area contributed by atoms with Gasteiger partial charge in [0.2, 0.25) is 0 Å². The summed E-state index contributed by atoms with van der Waals surface area (Å²) >= 11 is 3.40. The smallest absolute Gasteiger partial charge is 0.167 e. The highest BCUT2D eigenvalue weighted by atomic mass is 32.1. The molecule has 0 bridgehead atoms. The van der Waals surface area contributed by atoms with Crippen LogP contribution in [0.15, 0.2) is 336 Å². The van der Waals surface area contributed by atoms with Gasteiger partial charge in [0.1, 0.15) is 32.3 Å². The van der Waals surface area contributed by atoms with Crippen molar-refractivity contribution in [1.82, 2.24) is 39.9 Å². The van der Waals surface area contributed by atoms with Crippen molar-refractivity contribution in [3.8, 4) is 145 Å². The number of furan rings is 2. The standard InChI is InChI=1S/C92H54N8O2S2/c1-6-19-55(20-7-1)67-47-49-77-80(54-67)104-91(93-77)64-45-41-59(42-46-64)75-51-68(52-76-72-32-18-34-74(83(72)102-84(75)76)90-99-87(62-25-12-4-13-26-62)96-88(100-90)63-27-14-5-15-28-63)57-37-35-56(36-38-57)66-48-50-79-78(53-66)94-92(103-79)65-43-39-58(40-44-65)69-29-16-30-70-71-31-17-33-73(82(71)101-81(69)70)89-97-85(60-21-8-2-9-22-60)95-86(98-89)61-23-10-3-11-24-61/h1-54H. The first-order chi connectivity index (χ1) is 51.5. The van der Waals surface area contributed by atoms with Gasteiger partial charge in [0.05, 0.1) is 31.6 Å². The number of fused-ring (bicyclic) bond motifs is 8. The second-order valence-electron chi connectivity index (χ2n) is 25.7. The summed E-state index contributed by atoms with van der Waals surface area (Å²) in [5.41, 5.74) is 22.8. The molecule has 14 aromatic carbocycles. The normalized spacial score (nSPS) is 11.7. The van der Waals surface area contributed by atoms with Crippen LogP contribution in [0.3, 0.4) is 0 Å². The van der Waals surface area contributed by atoms with Gasteiger partial charge in [-0.25, -0.2) is 39.9 Å². The van der Waals surface area contributed by atoms with E-state index < -0.39 is 0 Å². The Morgan fingerprint density at radius 3 is 1.03 bits per heavy atom. The molecule has 0 fully saturated rings. The number of para-hydroxylation sites is 3. The maximum absolute atomic E-state index is 7.21. The van der Waals surface area contributed by atoms with Gasteiger partial charge in [-0.1, -0.05) is 279 Å². The predicted octanol–water partition coefficient (Wildman–Crippen LogP) is 24.7. The van der Waals surface area contributed by atoms with Crippen LogP contribution in [0.5, 0.6) is 0 Å². The van der Waals surface area contributed by atoms with Crippen LogP contribution < -0.4 is 0 Å². The van der Waals surface area contributed by atoms with Gasteiger partial charge in [0, 0.05) is 66.1 Å². The van der Waals surface area contributed by atoms with Crippen LogP contribution in [0, 0.1) is 0 Å². The quantitative estimate of drug-likeness (QED) is 0.110. The molecule has 0 radical (unpaired) electrons. The number of hydrogen-bond acceptors (Lipinski definition) is 12. The molecular weight excluding hydrogens is 1310 g/mol. The van der Waals surface area contributed by atoms with E-state index in [2.05, 4.69) is 182 Å². The zero-order valence-corrected chi connectivity index (χ0v) is 57.0. The summed E-state index contributed by atoms with van der Waals surface area (Å²) in [6.07, 6.45) is 0. The van der Waals surface area contributed by atoms with Crippen LogP contribution in [0.2, 0.25) is 0 Å². The number of rotatable bonds is 13. The zero-order chi connectivity index (χ0) is 68.6. The lowest BCUT2D eigenvalue weighted by atomic mass is 9.94. The van der Waals surface area contributed by atoms with Crippen molar-refractivity contribution in [2.24, 2.45) is 0 Å². The minimum absolute atomic E-state index is 0.525. The van der Waals surface area contributed by atoms with Gasteiger partial charge < -0.3 is 8.83 Å². The Kier molecular flexibility index (Phi) is 14.7. The molecule has 0 aliphatic rings. The molecule has 0 N–H and O–H groups in total. The van der Waals surface area contributed by atoms with Gasteiger partial charge in [0.15, 0.2) is 34.9 Å². The van der Waals surface area contributed by atoms with Crippen molar-refractivity contribution in [3.05, 3.63) is 328 Å². The van der Waals surface area contributed by atoms with E-state index in [0.717, 1.165) is 158 Å². The summed E-state index contributed by atoms with van der Waals surface area (Å²) in [5.74, 6) is 3.42. The first-order valence-corrected chi connectivity index (χ1v) is 36.0. The van der Waals surface area contributed by atoms with Gasteiger partial charge in [-0.3, -0.25) is 0 Å². The van der Waals surface area contributed by atoms with E-state index in [9.17, 15) is 0 Å². The maximum Gasteiger partial charge on any atom is 0.167 e. The van der Waals surface area contributed by atoms with Crippen molar-refractivity contribution in [3.63, 3.8) is 0 Å². The van der Waals surface area contributed by atoms with Crippen molar-refractivity contribution >= 4 is 87.0 Å². The van der Waals surface area contributed by atoms with Gasteiger partial charge in [0.25, 0.3) is 0 Å². The SMILES string of the molecule is c1ccc(-c2ccc3nc(-c4ccc(-c5cc(-c6ccc(-c7ccc8sc(-c9ccc(-c%10cccc%11c%10oc%10c(-c%12nc(-c%13ccccc%13)nc(-c%13ccccc%13)n%12)cccc%10%11)cc9)nc8c7)cc6)cc6c5oc5c(-c7nc(-c8ccccc8)nc(-c8ccccc8)n7)cccc56)cc4)sc3c2)cc1. The molecular formula is C92H54N8O2S2. The first kappa shape index (κ1) is 60.4. The third-order valence-corrected chi connectivity index (χ3v) is 21.5. The van der Waals surface area contributed by atoms with Crippen LogP contribution in [-0.2, 0) is 0 Å². The number of nitrogens with zero attached hydrogens (tertiary/aromatic N) is 8. The fourth-order valence-corrected chi connectivity index (χ4v) is 16.0. The Bertz CT molecular complexity index is 6570. The molecule has 20 rings (SSSR count). The molecule has 0 amide bonds. The molecule has 20 aromatic rings. The van der Waals surface area contributed by atoms with Gasteiger partial charge >= 0.3 is 0 Å². The minimum Gasteiger partial charge on any atom is -0.455 e. The summed E-state index contributed by atoms with van der Waals surface area (Å²) < 4.78 is 16.4. The highest BCUT2D eigenvalue weighted by Gasteiger charge is 2.24. The van der Waals surface area contributed by atoms with E-state index in [-0.39, 0.29) is 0 Å². The Morgan fingerprint density at radius 2 is 0.529 bits per heavy atom. The average molecular weight is 1370 g/mol. The number of thiazole rings is 2. The summed E-state index contributed by atoms with van der Waals surface area (Å²) in [4.78, 5) is 40.7. The first-order valence-electron chi connectivity index (χ1n) is 34.3. The van der Waals surface area contributed by atoms with E-state index in [1.807, 2.05) is 146 Å². The highest BCUT2D eigenvalue weighted by Crippen LogP contribution is 2.46. The summed E-state index contributed by atoms with van der Waals surface area (Å²) in [5, 5.41) is 5.85. The molecule has 10 nitrogen and oxygen atoms in total. The molecule has 6 heterocycles. The van der Waals surface area contributed by atoms with E-state index in [1.165, 1.54) is 11.1 Å². The number of hydrogen-bond donors (Lipinski definition) is 0. The highest BCUT2D eigenvalue weighted by molar-refractivity contribution is 7.22. The molecule has 0 saturated carbocycles. The largest absolute Gasteiger partial charge is 0.455 e. The lowest BCUT2D eigenvalue weighted by molar-refractivity contribution is 0.670. The molecule has 0 aliphatic heterocycles. The minimum atomic E-state index is 0.525. The average Bonchev–Trinajstić information content (AvgIpc) is 1.59. The Morgan fingerprint density at radius 1 is 0.183 bits per heavy atom. The van der Waals surface area contributed by atoms with E-state index in [1.54, 1.807) is 22.7 Å². The molecule has 6 aromatic heterocycles. The lowest BCUT2D eigenvalue weighted by Crippen LogP contribution is -2.00. The Balaban J connectivity index is 0.624. The molecule has 0 spiro atoms. The monoisotopic (exact) mass is 1370 g/mol. The number of benzene rings is 14. The van der Waals surface area contributed by atoms with Crippen LogP contribution in [-0.4, -0.2) is 39.9 Å². The van der Waals surface area contributed by atoms with Crippen LogP contribution in [0.1, 0.15) is 0 Å². The van der Waals surface area contributed by atoms with Gasteiger partial charge in [-0.2, -0.15) is 0 Å². The van der Waals surface area contributed by atoms with Gasteiger partial charge in [-0.15, -0.1) is 22.7 Å². The van der Waals surface area contributed by atoms with Gasteiger partial charge in [-0.05, 0) is 93.0 Å². The molecule has 0 saturated heterocycles. The van der Waals surface area contributed by atoms with Crippen molar-refractivity contribution < 1.29 is 8.83 Å². The second-order valence-corrected chi connectivity index (χ2v) is 27.8. The fourth-order valence-electron chi connectivity index (χ4n) is 14.1. The topological polar surface area (TPSA) is 129 Å². The van der Waals surface area contributed by atoms with Crippen LogP contribution in [0.25, 0.3) is 209 Å². The molecule has 0 unspecified atom stereocenters. The van der Waals surface area contributed by atoms with E-state index in [0.29, 0.717) is 40.5 Å². The third-order valence-electron chi connectivity index (χ3n) is 19.3. The van der Waals surface area contributed by atoms with Crippen molar-refractivity contribution in [2.75, 3.05) is 0 Å². The summed E-state index contributed by atoms with van der Waals surface area (Å²) in [7, 11) is 0. The van der Waals surface area contributed by atoms with Crippen molar-refractivity contribution in [1.29, 1.82) is 0 Å². The molecule has 104 heavy (non-hydrogen) atoms. The molecule has 12 heteroatoms. The summed E-state index contributed by atoms with van der Waals surface area (Å²) in [6.45, 7) is 0.